The summed E-state index contributed by atoms with van der Waals surface area (Å²) < 4.78 is 5.24. The summed E-state index contributed by atoms with van der Waals surface area (Å²) in [5.74, 6) is 0.802. The molecule has 4 nitrogen and oxygen atoms in total. The molecule has 0 amide bonds. The first kappa shape index (κ1) is 9.02. The number of rotatable bonds is 1. The number of carbonyl (C=O) groups is 1. The molecule has 0 radical (unpaired) electrons. The predicted octanol–water partition coefficient (Wildman–Crippen LogP) is -0.0111. The van der Waals surface area contributed by atoms with Gasteiger partial charge in [-0.1, -0.05) is 11.8 Å². The second-order valence-corrected chi connectivity index (χ2v) is 4.01. The minimum Gasteiger partial charge on any atom is -0.378 e. The molecule has 0 bridgehead atoms. The molecule has 1 unspecified atom stereocenters. The van der Waals surface area contributed by atoms with Crippen molar-refractivity contribution >= 4 is 23.2 Å². The van der Waals surface area contributed by atoms with Gasteiger partial charge in [0.15, 0.2) is 5.17 Å². The van der Waals surface area contributed by atoms with Crippen LogP contribution < -0.4 is 0 Å². The third kappa shape index (κ3) is 2.03. The molecule has 0 aromatic rings. The van der Waals surface area contributed by atoms with E-state index in [4.69, 9.17) is 4.74 Å². The first-order valence-electron chi connectivity index (χ1n) is 4.39. The van der Waals surface area contributed by atoms with Crippen LogP contribution >= 0.6 is 11.8 Å². The molecule has 0 N–H and O–H groups in total. The Morgan fingerprint density at radius 3 is 2.92 bits per heavy atom. The van der Waals surface area contributed by atoms with Gasteiger partial charge in [0.2, 0.25) is 0 Å². The van der Waals surface area contributed by atoms with E-state index >= 15 is 0 Å². The Bertz CT molecular complexity index is 226. The van der Waals surface area contributed by atoms with E-state index < -0.39 is 0 Å². The van der Waals surface area contributed by atoms with Gasteiger partial charge in [0.1, 0.15) is 12.3 Å². The molecular formula is C8H12N2O2S. The molecule has 0 aliphatic carbocycles. The Balaban J connectivity index is 1.96. The summed E-state index contributed by atoms with van der Waals surface area (Å²) in [7, 11) is 0. The number of aliphatic imine (C=N–C) groups is 1. The number of thioether (sulfide) groups is 1. The zero-order chi connectivity index (χ0) is 9.10. The van der Waals surface area contributed by atoms with E-state index in [1.165, 1.54) is 0 Å². The van der Waals surface area contributed by atoms with Crippen LogP contribution in [0, 0.1) is 0 Å². The molecule has 0 aromatic heterocycles. The quantitative estimate of drug-likeness (QED) is 0.558. The molecule has 2 rings (SSSR count). The van der Waals surface area contributed by atoms with Crippen LogP contribution in [0.1, 0.15) is 0 Å². The molecule has 1 atom stereocenters. The fourth-order valence-corrected chi connectivity index (χ4v) is 2.42. The van der Waals surface area contributed by atoms with E-state index in [2.05, 4.69) is 9.89 Å². The van der Waals surface area contributed by atoms with E-state index in [0.717, 1.165) is 43.5 Å². The van der Waals surface area contributed by atoms with E-state index in [1.54, 1.807) is 11.8 Å². The smallest absolute Gasteiger partial charge is 0.160 e. The third-order valence-corrected chi connectivity index (χ3v) is 3.23. The third-order valence-electron chi connectivity index (χ3n) is 2.10. The highest BCUT2D eigenvalue weighted by molar-refractivity contribution is 8.14. The van der Waals surface area contributed by atoms with Crippen LogP contribution in [0.2, 0.25) is 0 Å². The van der Waals surface area contributed by atoms with Crippen LogP contribution in [-0.2, 0) is 9.53 Å². The van der Waals surface area contributed by atoms with Crippen LogP contribution in [0.4, 0.5) is 0 Å². The number of carbonyl (C=O) groups excluding carboxylic acids is 1. The first-order valence-corrected chi connectivity index (χ1v) is 5.37. The second-order valence-electron chi connectivity index (χ2n) is 3.03. The lowest BCUT2D eigenvalue weighted by Crippen LogP contribution is -2.38. The lowest BCUT2D eigenvalue weighted by molar-refractivity contribution is -0.108. The number of nitrogens with zero attached hydrogens (tertiary/aromatic N) is 2. The van der Waals surface area contributed by atoms with Gasteiger partial charge in [0.05, 0.1) is 13.2 Å². The summed E-state index contributed by atoms with van der Waals surface area (Å²) in [5, 5.41) is 1.01. The maximum absolute atomic E-state index is 10.5. The van der Waals surface area contributed by atoms with Gasteiger partial charge < -0.3 is 14.4 Å². The lowest BCUT2D eigenvalue weighted by Gasteiger charge is -2.27. The Kier molecular flexibility index (Phi) is 2.85. The molecule has 2 aliphatic heterocycles. The van der Waals surface area contributed by atoms with Crippen LogP contribution in [0.5, 0.6) is 0 Å². The van der Waals surface area contributed by atoms with E-state index in [9.17, 15) is 4.79 Å². The maximum atomic E-state index is 10.5. The monoisotopic (exact) mass is 200 g/mol. The van der Waals surface area contributed by atoms with E-state index in [-0.39, 0.29) is 6.04 Å². The highest BCUT2D eigenvalue weighted by atomic mass is 32.2. The molecule has 1 saturated heterocycles. The number of morpholine rings is 1. The largest absolute Gasteiger partial charge is 0.378 e. The maximum Gasteiger partial charge on any atom is 0.160 e. The second kappa shape index (κ2) is 4.11. The molecular weight excluding hydrogens is 188 g/mol. The van der Waals surface area contributed by atoms with Crippen LogP contribution in [0.25, 0.3) is 0 Å². The van der Waals surface area contributed by atoms with E-state index in [0.29, 0.717) is 0 Å². The molecule has 0 spiro atoms. The summed E-state index contributed by atoms with van der Waals surface area (Å²) in [6, 6.07) is -0.122. The Morgan fingerprint density at radius 2 is 2.31 bits per heavy atom. The van der Waals surface area contributed by atoms with Crippen molar-refractivity contribution in [1.82, 2.24) is 4.90 Å². The van der Waals surface area contributed by atoms with Crippen molar-refractivity contribution < 1.29 is 9.53 Å². The predicted molar refractivity (Wildman–Crippen MR) is 52.1 cm³/mol. The van der Waals surface area contributed by atoms with Gasteiger partial charge in [0, 0.05) is 18.8 Å². The van der Waals surface area contributed by atoms with Crippen molar-refractivity contribution in [3.8, 4) is 0 Å². The summed E-state index contributed by atoms with van der Waals surface area (Å²) in [4.78, 5) is 17.0. The van der Waals surface area contributed by atoms with Gasteiger partial charge in [0.25, 0.3) is 0 Å². The van der Waals surface area contributed by atoms with Gasteiger partial charge in [-0.25, -0.2) is 0 Å². The summed E-state index contributed by atoms with van der Waals surface area (Å²) in [6.45, 7) is 3.34. The number of ether oxygens (including phenoxy) is 1. The minimum absolute atomic E-state index is 0.122. The van der Waals surface area contributed by atoms with Gasteiger partial charge in [-0.3, -0.25) is 4.99 Å². The Hall–Kier alpha value is -0.550. The zero-order valence-electron chi connectivity index (χ0n) is 7.31. The van der Waals surface area contributed by atoms with Crippen molar-refractivity contribution in [2.75, 3.05) is 32.1 Å². The molecule has 2 aliphatic rings. The van der Waals surface area contributed by atoms with Gasteiger partial charge in [-0.15, -0.1) is 0 Å². The van der Waals surface area contributed by atoms with Crippen LogP contribution in [0.15, 0.2) is 4.99 Å². The molecule has 13 heavy (non-hydrogen) atoms. The Morgan fingerprint density at radius 1 is 1.54 bits per heavy atom. The fraction of sp³-hybridized carbons (Fsp3) is 0.750. The SMILES string of the molecule is O=CC1CSC(N2CCOCC2)=N1. The molecule has 2 heterocycles. The number of hydrogen-bond donors (Lipinski definition) is 0. The molecule has 0 aromatic carbocycles. The van der Waals surface area contributed by atoms with Gasteiger partial charge >= 0.3 is 0 Å². The summed E-state index contributed by atoms with van der Waals surface area (Å²) in [6.07, 6.45) is 0.917. The summed E-state index contributed by atoms with van der Waals surface area (Å²) >= 11 is 1.67. The van der Waals surface area contributed by atoms with Crippen LogP contribution in [0.3, 0.4) is 0 Å². The molecule has 0 saturated carbocycles. The van der Waals surface area contributed by atoms with Gasteiger partial charge in [-0.05, 0) is 0 Å². The zero-order valence-corrected chi connectivity index (χ0v) is 8.13. The number of aldehydes is 1. The average molecular weight is 200 g/mol. The van der Waals surface area contributed by atoms with Crippen molar-refractivity contribution in [2.45, 2.75) is 6.04 Å². The van der Waals surface area contributed by atoms with Crippen molar-refractivity contribution in [3.05, 3.63) is 0 Å². The standard InChI is InChI=1S/C8H12N2O2S/c11-5-7-6-13-8(9-7)10-1-3-12-4-2-10/h5,7H,1-4,6H2. The molecule has 5 heteroatoms. The topological polar surface area (TPSA) is 41.9 Å². The van der Waals surface area contributed by atoms with Crippen molar-refractivity contribution in [3.63, 3.8) is 0 Å². The van der Waals surface area contributed by atoms with Crippen molar-refractivity contribution in [1.29, 1.82) is 0 Å². The first-order chi connectivity index (χ1) is 6.40. The molecule has 1 fully saturated rings. The number of amidine groups is 1. The van der Waals surface area contributed by atoms with E-state index in [1.807, 2.05) is 0 Å². The average Bonchev–Trinajstić information content (AvgIpc) is 2.67. The van der Waals surface area contributed by atoms with Crippen molar-refractivity contribution in [2.24, 2.45) is 4.99 Å². The normalized spacial score (nSPS) is 28.8. The van der Waals surface area contributed by atoms with Gasteiger partial charge in [-0.2, -0.15) is 0 Å². The molecule has 72 valence electrons. The highest BCUT2D eigenvalue weighted by Crippen LogP contribution is 2.20. The highest BCUT2D eigenvalue weighted by Gasteiger charge is 2.23. The fourth-order valence-electron chi connectivity index (χ4n) is 1.37. The van der Waals surface area contributed by atoms with Crippen LogP contribution in [-0.4, -0.2) is 54.5 Å². The number of hydrogen-bond acceptors (Lipinski definition) is 5. The lowest BCUT2D eigenvalue weighted by atomic mass is 10.4. The summed E-state index contributed by atoms with van der Waals surface area (Å²) in [5.41, 5.74) is 0. The minimum atomic E-state index is -0.122. The Labute approximate surface area is 81.3 Å².